The first-order valence-electron chi connectivity index (χ1n) is 6.25. The molecule has 2 aliphatic rings. The van der Waals surface area contributed by atoms with E-state index in [-0.39, 0.29) is 23.8 Å². The third-order valence-electron chi connectivity index (χ3n) is 3.54. The van der Waals surface area contributed by atoms with E-state index in [9.17, 15) is 9.59 Å². The molecule has 1 radical (unpaired) electrons. The molecule has 0 aromatic heterocycles. The summed E-state index contributed by atoms with van der Waals surface area (Å²) in [6.07, 6.45) is 3.89. The van der Waals surface area contributed by atoms with Gasteiger partial charge in [-0.3, -0.25) is 9.59 Å². The molecule has 95 valence electrons. The zero-order valence-corrected chi connectivity index (χ0v) is 10.2. The van der Waals surface area contributed by atoms with Gasteiger partial charge in [0.05, 0.1) is 13.0 Å². The van der Waals surface area contributed by atoms with Crippen molar-refractivity contribution < 1.29 is 14.3 Å². The van der Waals surface area contributed by atoms with Gasteiger partial charge in [-0.2, -0.15) is 0 Å². The van der Waals surface area contributed by atoms with Crippen LogP contribution in [0.3, 0.4) is 0 Å². The average molecular weight is 239 g/mol. The molecule has 2 unspecified atom stereocenters. The molecule has 0 aliphatic carbocycles. The van der Waals surface area contributed by atoms with Gasteiger partial charge in [-0.05, 0) is 25.7 Å². The van der Waals surface area contributed by atoms with Crippen LogP contribution in [0.25, 0.3) is 0 Å². The number of amides is 1. The van der Waals surface area contributed by atoms with E-state index >= 15 is 0 Å². The number of nitrogens with zero attached hydrogens (tertiary/aromatic N) is 2. The van der Waals surface area contributed by atoms with Crippen LogP contribution in [-0.2, 0) is 14.3 Å². The summed E-state index contributed by atoms with van der Waals surface area (Å²) in [5, 5.41) is 4.27. The van der Waals surface area contributed by atoms with Gasteiger partial charge in [0, 0.05) is 19.6 Å². The van der Waals surface area contributed by atoms with Gasteiger partial charge in [0.15, 0.2) is 0 Å². The fourth-order valence-electron chi connectivity index (χ4n) is 2.51. The van der Waals surface area contributed by atoms with Crippen molar-refractivity contribution in [2.24, 2.45) is 5.92 Å². The van der Waals surface area contributed by atoms with Gasteiger partial charge in [-0.25, -0.2) is 5.32 Å². The van der Waals surface area contributed by atoms with Crippen molar-refractivity contribution in [1.82, 2.24) is 10.2 Å². The molecule has 2 atom stereocenters. The Labute approximate surface area is 101 Å². The lowest BCUT2D eigenvalue weighted by Gasteiger charge is -2.28. The van der Waals surface area contributed by atoms with Crippen molar-refractivity contribution in [3.63, 3.8) is 0 Å². The largest absolute Gasteiger partial charge is 0.469 e. The van der Waals surface area contributed by atoms with Crippen LogP contribution in [0.4, 0.5) is 0 Å². The molecule has 0 aromatic rings. The Morgan fingerprint density at radius 3 is 2.59 bits per heavy atom. The van der Waals surface area contributed by atoms with Crippen molar-refractivity contribution in [2.75, 3.05) is 26.7 Å². The lowest BCUT2D eigenvalue weighted by atomic mass is 10.0. The molecule has 2 aliphatic heterocycles. The fraction of sp³-hybridized carbons (Fsp3) is 0.833. The van der Waals surface area contributed by atoms with E-state index in [4.69, 9.17) is 0 Å². The van der Waals surface area contributed by atoms with E-state index in [2.05, 4.69) is 10.1 Å². The normalized spacial score (nSPS) is 29.1. The SMILES string of the molecule is COC(=O)C1C[N]C(C(=O)N2CCCCC2)C1. The van der Waals surface area contributed by atoms with E-state index in [0.717, 1.165) is 25.9 Å². The molecule has 5 heteroatoms. The summed E-state index contributed by atoms with van der Waals surface area (Å²) in [5.74, 6) is -0.377. The maximum Gasteiger partial charge on any atom is 0.310 e. The monoisotopic (exact) mass is 239 g/mol. The van der Waals surface area contributed by atoms with E-state index in [1.165, 1.54) is 13.5 Å². The number of carbonyl (C=O) groups is 2. The minimum Gasteiger partial charge on any atom is -0.469 e. The number of esters is 1. The summed E-state index contributed by atoms with van der Waals surface area (Å²) in [6.45, 7) is 2.11. The van der Waals surface area contributed by atoms with Crippen molar-refractivity contribution in [1.29, 1.82) is 0 Å². The van der Waals surface area contributed by atoms with Crippen LogP contribution in [0.2, 0.25) is 0 Å². The molecule has 2 heterocycles. The molecule has 0 N–H and O–H groups in total. The highest BCUT2D eigenvalue weighted by Crippen LogP contribution is 2.20. The summed E-state index contributed by atoms with van der Waals surface area (Å²) in [5.41, 5.74) is 0. The highest BCUT2D eigenvalue weighted by atomic mass is 16.5. The van der Waals surface area contributed by atoms with Gasteiger partial charge >= 0.3 is 5.97 Å². The number of ether oxygens (including phenoxy) is 1. The second kappa shape index (κ2) is 5.49. The molecular weight excluding hydrogens is 220 g/mol. The topological polar surface area (TPSA) is 60.7 Å². The van der Waals surface area contributed by atoms with Crippen LogP contribution in [0.5, 0.6) is 0 Å². The van der Waals surface area contributed by atoms with Crippen LogP contribution in [0, 0.1) is 5.92 Å². The minimum atomic E-state index is -0.322. The number of piperidine rings is 1. The number of hydrogen-bond donors (Lipinski definition) is 0. The number of carbonyl (C=O) groups excluding carboxylic acids is 2. The second-order valence-electron chi connectivity index (χ2n) is 4.72. The Kier molecular flexibility index (Phi) is 3.99. The maximum atomic E-state index is 12.1. The van der Waals surface area contributed by atoms with Crippen molar-refractivity contribution >= 4 is 11.9 Å². The van der Waals surface area contributed by atoms with Gasteiger partial charge in [-0.15, -0.1) is 0 Å². The van der Waals surface area contributed by atoms with Crippen molar-refractivity contribution in [3.05, 3.63) is 0 Å². The number of hydrogen-bond acceptors (Lipinski definition) is 3. The van der Waals surface area contributed by atoms with Gasteiger partial charge in [-0.1, -0.05) is 0 Å². The maximum absolute atomic E-state index is 12.1. The standard InChI is InChI=1S/C12H19N2O3/c1-17-12(16)9-7-10(13-8-9)11(15)14-5-3-2-4-6-14/h9-10H,2-8H2,1H3. The third-order valence-corrected chi connectivity index (χ3v) is 3.54. The molecule has 2 fully saturated rings. The van der Waals surface area contributed by atoms with Gasteiger partial charge in [0.1, 0.15) is 6.04 Å². The van der Waals surface area contributed by atoms with Crippen LogP contribution >= 0.6 is 0 Å². The molecule has 5 nitrogen and oxygen atoms in total. The highest BCUT2D eigenvalue weighted by molar-refractivity contribution is 5.84. The van der Waals surface area contributed by atoms with Gasteiger partial charge in [0.2, 0.25) is 5.91 Å². The lowest BCUT2D eigenvalue weighted by Crippen LogP contribution is -2.43. The first-order chi connectivity index (χ1) is 8.22. The van der Waals surface area contributed by atoms with Gasteiger partial charge in [0.25, 0.3) is 0 Å². The summed E-state index contributed by atoms with van der Waals surface area (Å²) in [6, 6.07) is -0.322. The predicted octanol–water partition coefficient (Wildman–Crippen LogP) is 0.165. The zero-order chi connectivity index (χ0) is 12.3. The Bertz CT molecular complexity index is 300. The molecule has 0 saturated carbocycles. The average Bonchev–Trinajstić information content (AvgIpc) is 2.87. The van der Waals surface area contributed by atoms with Crippen molar-refractivity contribution in [3.8, 4) is 0 Å². The molecule has 1 amide bonds. The molecule has 0 spiro atoms. The Morgan fingerprint density at radius 1 is 1.24 bits per heavy atom. The second-order valence-corrected chi connectivity index (χ2v) is 4.72. The lowest BCUT2D eigenvalue weighted by molar-refractivity contribution is -0.144. The van der Waals surface area contributed by atoms with Crippen LogP contribution in [-0.4, -0.2) is 49.6 Å². The zero-order valence-electron chi connectivity index (χ0n) is 10.2. The smallest absolute Gasteiger partial charge is 0.310 e. The number of rotatable bonds is 2. The Hall–Kier alpha value is -1.10. The third kappa shape index (κ3) is 2.77. The summed E-state index contributed by atoms with van der Waals surface area (Å²) >= 11 is 0. The van der Waals surface area contributed by atoms with E-state index < -0.39 is 0 Å². The van der Waals surface area contributed by atoms with Crippen molar-refractivity contribution in [2.45, 2.75) is 31.7 Å². The molecule has 17 heavy (non-hydrogen) atoms. The first kappa shape index (κ1) is 12.4. The van der Waals surface area contributed by atoms with E-state index in [1.807, 2.05) is 4.90 Å². The summed E-state index contributed by atoms with van der Waals surface area (Å²) < 4.78 is 4.68. The Balaban J connectivity index is 1.87. The first-order valence-corrected chi connectivity index (χ1v) is 6.25. The van der Waals surface area contributed by atoms with E-state index in [1.54, 1.807) is 0 Å². The number of methoxy groups -OCH3 is 1. The molecule has 2 rings (SSSR count). The summed E-state index contributed by atoms with van der Waals surface area (Å²) in [7, 11) is 1.38. The Morgan fingerprint density at radius 2 is 1.94 bits per heavy atom. The van der Waals surface area contributed by atoms with Crippen LogP contribution < -0.4 is 5.32 Å². The van der Waals surface area contributed by atoms with E-state index in [0.29, 0.717) is 13.0 Å². The quantitative estimate of drug-likeness (QED) is 0.645. The van der Waals surface area contributed by atoms with Crippen LogP contribution in [0.15, 0.2) is 0 Å². The van der Waals surface area contributed by atoms with Gasteiger partial charge < -0.3 is 9.64 Å². The molecule has 2 saturated heterocycles. The molecule has 0 aromatic carbocycles. The minimum absolute atomic E-state index is 0.0936. The summed E-state index contributed by atoms with van der Waals surface area (Å²) in [4.78, 5) is 25.4. The highest BCUT2D eigenvalue weighted by Gasteiger charge is 2.37. The molecule has 0 bridgehead atoms. The number of likely N-dealkylation sites (tertiary alicyclic amines) is 1. The predicted molar refractivity (Wildman–Crippen MR) is 61.3 cm³/mol. The molecular formula is C12H19N2O3. The fourth-order valence-corrected chi connectivity index (χ4v) is 2.51. The van der Waals surface area contributed by atoms with Crippen LogP contribution in [0.1, 0.15) is 25.7 Å².